The number of thioether (sulfide) groups is 1. The number of carbonyl (C=O) groups excluding carboxylic acids is 1. The third kappa shape index (κ3) is 4.89. The van der Waals surface area contributed by atoms with Gasteiger partial charge in [-0.25, -0.2) is 0 Å². The van der Waals surface area contributed by atoms with E-state index < -0.39 is 4.92 Å². The molecular formula is C16H16N2O3S. The molecule has 0 bridgehead atoms. The Morgan fingerprint density at radius 3 is 2.64 bits per heavy atom. The molecule has 114 valence electrons. The van der Waals surface area contributed by atoms with Crippen LogP contribution in [-0.2, 0) is 5.75 Å². The summed E-state index contributed by atoms with van der Waals surface area (Å²) in [5.41, 5.74) is 1.48. The fourth-order valence-corrected chi connectivity index (χ4v) is 2.68. The lowest BCUT2D eigenvalue weighted by molar-refractivity contribution is -0.384. The average Bonchev–Trinajstić information content (AvgIpc) is 2.55. The minimum Gasteiger partial charge on any atom is -0.351 e. The summed E-state index contributed by atoms with van der Waals surface area (Å²) in [5.74, 6) is 1.40. The van der Waals surface area contributed by atoms with Gasteiger partial charge in [0.15, 0.2) is 0 Å². The smallest absolute Gasteiger partial charge is 0.270 e. The van der Waals surface area contributed by atoms with Crippen molar-refractivity contribution in [2.75, 3.05) is 12.3 Å². The molecule has 0 unspecified atom stereocenters. The largest absolute Gasteiger partial charge is 0.351 e. The first-order chi connectivity index (χ1) is 10.7. The Hall–Kier alpha value is -2.34. The lowest BCUT2D eigenvalue weighted by atomic mass is 10.2. The van der Waals surface area contributed by atoms with Crippen LogP contribution in [0.25, 0.3) is 0 Å². The number of carbonyl (C=O) groups is 1. The molecule has 2 rings (SSSR count). The Morgan fingerprint density at radius 2 is 1.91 bits per heavy atom. The number of hydrogen-bond donors (Lipinski definition) is 1. The van der Waals surface area contributed by atoms with Crippen LogP contribution in [-0.4, -0.2) is 23.1 Å². The number of nitrogens with one attached hydrogen (secondary N) is 1. The molecule has 22 heavy (non-hydrogen) atoms. The van der Waals surface area contributed by atoms with Crippen LogP contribution in [0.3, 0.4) is 0 Å². The highest BCUT2D eigenvalue weighted by molar-refractivity contribution is 7.98. The molecule has 5 nitrogen and oxygen atoms in total. The van der Waals surface area contributed by atoms with Crippen LogP contribution >= 0.6 is 11.8 Å². The Kier molecular flexibility index (Phi) is 5.97. The van der Waals surface area contributed by atoms with Crippen LogP contribution in [0.2, 0.25) is 0 Å². The van der Waals surface area contributed by atoms with Gasteiger partial charge in [0.1, 0.15) is 0 Å². The number of nitro groups is 1. The highest BCUT2D eigenvalue weighted by Gasteiger charge is 2.10. The van der Waals surface area contributed by atoms with Crippen molar-refractivity contribution in [3.63, 3.8) is 0 Å². The molecule has 0 spiro atoms. The molecule has 0 fully saturated rings. The predicted molar refractivity (Wildman–Crippen MR) is 88.0 cm³/mol. The summed E-state index contributed by atoms with van der Waals surface area (Å²) in [6.45, 7) is 0.527. The van der Waals surface area contributed by atoms with Crippen LogP contribution < -0.4 is 5.32 Å². The third-order valence-electron chi connectivity index (χ3n) is 2.96. The lowest BCUT2D eigenvalue weighted by Gasteiger charge is -2.05. The number of hydrogen-bond acceptors (Lipinski definition) is 4. The highest BCUT2D eigenvalue weighted by Crippen LogP contribution is 2.13. The van der Waals surface area contributed by atoms with E-state index in [1.165, 1.54) is 23.8 Å². The molecule has 0 atom stereocenters. The van der Waals surface area contributed by atoms with Crippen LogP contribution in [0, 0.1) is 10.1 Å². The van der Waals surface area contributed by atoms with Crippen molar-refractivity contribution < 1.29 is 9.72 Å². The predicted octanol–water partition coefficient (Wildman–Crippen LogP) is 3.26. The van der Waals surface area contributed by atoms with Crippen molar-refractivity contribution in [2.24, 2.45) is 0 Å². The zero-order chi connectivity index (χ0) is 15.8. The van der Waals surface area contributed by atoms with Gasteiger partial charge in [0.2, 0.25) is 0 Å². The second-order valence-electron chi connectivity index (χ2n) is 4.60. The van der Waals surface area contributed by atoms with Crippen LogP contribution in [0.5, 0.6) is 0 Å². The van der Waals surface area contributed by atoms with Crippen molar-refractivity contribution >= 4 is 23.4 Å². The third-order valence-corrected chi connectivity index (χ3v) is 3.99. The minimum atomic E-state index is -0.507. The van der Waals surface area contributed by atoms with Crippen molar-refractivity contribution in [1.29, 1.82) is 0 Å². The first kappa shape index (κ1) is 16.0. The van der Waals surface area contributed by atoms with E-state index in [2.05, 4.69) is 17.4 Å². The van der Waals surface area contributed by atoms with Crippen LogP contribution in [0.4, 0.5) is 5.69 Å². The van der Waals surface area contributed by atoms with Gasteiger partial charge < -0.3 is 5.32 Å². The van der Waals surface area contributed by atoms with Gasteiger partial charge in [0.25, 0.3) is 11.6 Å². The van der Waals surface area contributed by atoms with E-state index >= 15 is 0 Å². The van der Waals surface area contributed by atoms with Gasteiger partial charge in [-0.3, -0.25) is 14.9 Å². The number of nitrogens with zero attached hydrogens (tertiary/aromatic N) is 1. The van der Waals surface area contributed by atoms with Gasteiger partial charge >= 0.3 is 0 Å². The SMILES string of the molecule is O=C(NCCSCc1ccccc1)c1cccc([N+](=O)[O-])c1. The Balaban J connectivity index is 1.74. The lowest BCUT2D eigenvalue weighted by Crippen LogP contribution is -2.25. The standard InChI is InChI=1S/C16H16N2O3S/c19-16(14-7-4-8-15(11-14)18(20)21)17-9-10-22-12-13-5-2-1-3-6-13/h1-8,11H,9-10,12H2,(H,17,19). The first-order valence-electron chi connectivity index (χ1n) is 6.81. The van der Waals surface area contributed by atoms with Gasteiger partial charge in [0, 0.05) is 35.7 Å². The van der Waals surface area contributed by atoms with E-state index in [1.807, 2.05) is 18.2 Å². The highest BCUT2D eigenvalue weighted by atomic mass is 32.2. The zero-order valence-electron chi connectivity index (χ0n) is 11.9. The van der Waals surface area contributed by atoms with Gasteiger partial charge in [-0.05, 0) is 11.6 Å². The summed E-state index contributed by atoms with van der Waals surface area (Å²) >= 11 is 1.73. The van der Waals surface area contributed by atoms with Crippen LogP contribution in [0.1, 0.15) is 15.9 Å². The van der Waals surface area contributed by atoms with E-state index in [4.69, 9.17) is 0 Å². The van der Waals surface area contributed by atoms with E-state index in [-0.39, 0.29) is 11.6 Å². The second kappa shape index (κ2) is 8.19. The summed E-state index contributed by atoms with van der Waals surface area (Å²) < 4.78 is 0. The molecule has 0 aliphatic carbocycles. The Labute approximate surface area is 132 Å². The number of rotatable bonds is 7. The minimum absolute atomic E-state index is 0.0777. The molecule has 2 aromatic rings. The van der Waals surface area contributed by atoms with E-state index in [9.17, 15) is 14.9 Å². The summed E-state index contributed by atoms with van der Waals surface area (Å²) in [4.78, 5) is 22.1. The monoisotopic (exact) mass is 316 g/mol. The number of non-ortho nitro benzene ring substituents is 1. The topological polar surface area (TPSA) is 72.2 Å². The fourth-order valence-electron chi connectivity index (χ4n) is 1.86. The number of amides is 1. The average molecular weight is 316 g/mol. The summed E-state index contributed by atoms with van der Waals surface area (Å²) in [5, 5.41) is 13.4. The summed E-state index contributed by atoms with van der Waals surface area (Å²) in [6, 6.07) is 15.8. The van der Waals surface area contributed by atoms with Crippen molar-refractivity contribution in [3.05, 3.63) is 75.8 Å². The molecule has 1 amide bonds. The van der Waals surface area contributed by atoms with Gasteiger partial charge in [0.05, 0.1) is 4.92 Å². The fraction of sp³-hybridized carbons (Fsp3) is 0.188. The molecule has 2 aromatic carbocycles. The number of nitro benzene ring substituents is 1. The molecule has 0 radical (unpaired) electrons. The van der Waals surface area contributed by atoms with E-state index in [0.29, 0.717) is 12.1 Å². The quantitative estimate of drug-likeness (QED) is 0.483. The molecule has 0 aliphatic heterocycles. The molecule has 1 N–H and O–H groups in total. The van der Waals surface area contributed by atoms with Crippen molar-refractivity contribution in [2.45, 2.75) is 5.75 Å². The van der Waals surface area contributed by atoms with Crippen LogP contribution in [0.15, 0.2) is 54.6 Å². The molecule has 0 aromatic heterocycles. The Bertz CT molecular complexity index is 647. The van der Waals surface area contributed by atoms with Gasteiger partial charge in [-0.1, -0.05) is 36.4 Å². The second-order valence-corrected chi connectivity index (χ2v) is 5.71. The first-order valence-corrected chi connectivity index (χ1v) is 7.96. The molecular weight excluding hydrogens is 300 g/mol. The molecule has 0 saturated heterocycles. The maximum atomic E-state index is 11.9. The molecule has 0 aliphatic rings. The summed E-state index contributed by atoms with van der Waals surface area (Å²) in [6.07, 6.45) is 0. The van der Waals surface area contributed by atoms with E-state index in [1.54, 1.807) is 17.8 Å². The van der Waals surface area contributed by atoms with Crippen molar-refractivity contribution in [1.82, 2.24) is 5.32 Å². The van der Waals surface area contributed by atoms with Crippen molar-refractivity contribution in [3.8, 4) is 0 Å². The number of benzene rings is 2. The van der Waals surface area contributed by atoms with E-state index in [0.717, 1.165) is 11.5 Å². The molecule has 0 heterocycles. The van der Waals surface area contributed by atoms with Gasteiger partial charge in [-0.2, -0.15) is 11.8 Å². The summed E-state index contributed by atoms with van der Waals surface area (Å²) in [7, 11) is 0. The normalized spacial score (nSPS) is 10.2. The maximum Gasteiger partial charge on any atom is 0.270 e. The Morgan fingerprint density at radius 1 is 1.14 bits per heavy atom. The zero-order valence-corrected chi connectivity index (χ0v) is 12.7. The van der Waals surface area contributed by atoms with Gasteiger partial charge in [-0.15, -0.1) is 0 Å². The molecule has 0 saturated carbocycles. The molecule has 6 heteroatoms. The maximum absolute atomic E-state index is 11.9.